The molecule has 3 aromatic carbocycles. The number of ether oxygens (including phenoxy) is 2. The molecule has 0 unspecified atom stereocenters. The zero-order valence-corrected chi connectivity index (χ0v) is 17.7. The van der Waals surface area contributed by atoms with Gasteiger partial charge in [-0.25, -0.2) is 4.98 Å². The molecule has 0 bridgehead atoms. The maximum atomic E-state index is 9.24. The zero-order chi connectivity index (χ0) is 21.5. The van der Waals surface area contributed by atoms with Gasteiger partial charge in [0.1, 0.15) is 6.61 Å². The van der Waals surface area contributed by atoms with Crippen LogP contribution >= 0.6 is 11.3 Å². The Hall–Kier alpha value is -3.89. The largest absolute Gasteiger partial charge is 0.490 e. The number of hydrazone groups is 1. The Morgan fingerprint density at radius 1 is 1.06 bits per heavy atom. The second-order valence-corrected chi connectivity index (χ2v) is 7.58. The van der Waals surface area contributed by atoms with Gasteiger partial charge in [0.05, 0.1) is 34.7 Å². The molecule has 4 aromatic rings. The highest BCUT2D eigenvalue weighted by molar-refractivity contribution is 7.22. The molecule has 4 rings (SSSR count). The molecular weight excluding hydrogens is 408 g/mol. The van der Waals surface area contributed by atoms with Gasteiger partial charge in [-0.3, -0.25) is 5.43 Å². The first-order chi connectivity index (χ1) is 15.3. The minimum atomic E-state index is 0.288. The summed E-state index contributed by atoms with van der Waals surface area (Å²) in [5.41, 5.74) is 6.23. The van der Waals surface area contributed by atoms with Gasteiger partial charge >= 0.3 is 0 Å². The van der Waals surface area contributed by atoms with Crippen molar-refractivity contribution >= 4 is 32.9 Å². The molecule has 31 heavy (non-hydrogen) atoms. The maximum Gasteiger partial charge on any atom is 0.204 e. The Kier molecular flexibility index (Phi) is 6.41. The van der Waals surface area contributed by atoms with Crippen molar-refractivity contribution in [2.45, 2.75) is 13.5 Å². The number of nitriles is 1. The molecule has 0 fully saturated rings. The highest BCUT2D eigenvalue weighted by Gasteiger charge is 2.08. The molecule has 6 nitrogen and oxygen atoms in total. The Labute approximate surface area is 184 Å². The van der Waals surface area contributed by atoms with E-state index in [1.807, 2.05) is 67.6 Å². The molecule has 0 radical (unpaired) electrons. The summed E-state index contributed by atoms with van der Waals surface area (Å²) in [5, 5.41) is 14.3. The summed E-state index contributed by atoms with van der Waals surface area (Å²) in [6.07, 6.45) is 1.71. The van der Waals surface area contributed by atoms with E-state index < -0.39 is 0 Å². The van der Waals surface area contributed by atoms with Crippen molar-refractivity contribution in [3.63, 3.8) is 0 Å². The van der Waals surface area contributed by atoms with Crippen molar-refractivity contribution < 1.29 is 9.47 Å². The Bertz CT molecular complexity index is 1230. The van der Waals surface area contributed by atoms with Crippen LogP contribution in [0, 0.1) is 11.3 Å². The van der Waals surface area contributed by atoms with Crippen LogP contribution in [0.15, 0.2) is 71.8 Å². The maximum absolute atomic E-state index is 9.24. The average Bonchev–Trinajstić information content (AvgIpc) is 3.22. The quantitative estimate of drug-likeness (QED) is 0.292. The summed E-state index contributed by atoms with van der Waals surface area (Å²) in [7, 11) is 0. The van der Waals surface area contributed by atoms with Crippen molar-refractivity contribution in [2.75, 3.05) is 12.0 Å². The monoisotopic (exact) mass is 428 g/mol. The number of fused-ring (bicyclic) bond motifs is 1. The fourth-order valence-corrected chi connectivity index (χ4v) is 3.80. The number of hydrogen-bond donors (Lipinski definition) is 1. The third-order valence-electron chi connectivity index (χ3n) is 4.46. The van der Waals surface area contributed by atoms with Crippen LogP contribution in [0.25, 0.3) is 10.2 Å². The second-order valence-electron chi connectivity index (χ2n) is 6.55. The van der Waals surface area contributed by atoms with Crippen LogP contribution in [-0.2, 0) is 6.61 Å². The number of anilines is 1. The number of para-hydroxylation sites is 1. The molecule has 0 amide bonds. The highest BCUT2D eigenvalue weighted by atomic mass is 32.1. The Morgan fingerprint density at radius 3 is 2.74 bits per heavy atom. The van der Waals surface area contributed by atoms with Gasteiger partial charge in [0.25, 0.3) is 0 Å². The smallest absolute Gasteiger partial charge is 0.204 e. The summed E-state index contributed by atoms with van der Waals surface area (Å²) in [5.74, 6) is 1.24. The van der Waals surface area contributed by atoms with E-state index in [9.17, 15) is 5.26 Å². The van der Waals surface area contributed by atoms with Crippen molar-refractivity contribution in [3.05, 3.63) is 83.4 Å². The molecule has 0 spiro atoms. The van der Waals surface area contributed by atoms with Gasteiger partial charge < -0.3 is 9.47 Å². The van der Waals surface area contributed by atoms with Gasteiger partial charge in [-0.15, -0.1) is 0 Å². The van der Waals surface area contributed by atoms with Gasteiger partial charge in [-0.1, -0.05) is 41.7 Å². The molecule has 0 aliphatic carbocycles. The van der Waals surface area contributed by atoms with E-state index in [2.05, 4.69) is 21.6 Å². The lowest BCUT2D eigenvalue weighted by molar-refractivity contribution is 0.269. The summed E-state index contributed by atoms with van der Waals surface area (Å²) in [6, 6.07) is 23.2. The van der Waals surface area contributed by atoms with Crippen LogP contribution in [0.2, 0.25) is 0 Å². The normalized spacial score (nSPS) is 10.8. The van der Waals surface area contributed by atoms with Crippen molar-refractivity contribution in [1.29, 1.82) is 5.26 Å². The summed E-state index contributed by atoms with van der Waals surface area (Å²) in [4.78, 5) is 4.50. The fraction of sp³-hybridized carbons (Fsp3) is 0.125. The number of hydrogen-bond acceptors (Lipinski definition) is 7. The van der Waals surface area contributed by atoms with Crippen LogP contribution in [0.1, 0.15) is 23.6 Å². The SMILES string of the molecule is CCOc1cc(C=NNc2nc3ccccc3s2)ccc1OCc1ccccc1C#N. The van der Waals surface area contributed by atoms with Crippen LogP contribution in [-0.4, -0.2) is 17.8 Å². The first kappa shape index (κ1) is 20.4. The second kappa shape index (κ2) is 9.74. The molecule has 0 aliphatic rings. The topological polar surface area (TPSA) is 79.5 Å². The van der Waals surface area contributed by atoms with E-state index >= 15 is 0 Å². The molecular formula is C24H20N4O2S. The third kappa shape index (κ3) is 5.00. The van der Waals surface area contributed by atoms with Crippen LogP contribution in [0.4, 0.5) is 5.13 Å². The Morgan fingerprint density at radius 2 is 1.90 bits per heavy atom. The number of thiazole rings is 1. The van der Waals surface area contributed by atoms with Crippen LogP contribution < -0.4 is 14.9 Å². The molecule has 0 aliphatic heterocycles. The van der Waals surface area contributed by atoms with Gasteiger partial charge in [0.2, 0.25) is 5.13 Å². The standard InChI is InChI=1S/C24H20N4O2S/c1-2-29-22-13-17(15-26-28-24-27-20-9-5-6-10-23(20)31-24)11-12-21(22)30-16-19-8-4-3-7-18(19)14-25/h3-13,15H,2,16H2,1H3,(H,27,28). The number of nitrogens with one attached hydrogen (secondary N) is 1. The summed E-state index contributed by atoms with van der Waals surface area (Å²) >= 11 is 1.55. The fourth-order valence-electron chi connectivity index (χ4n) is 2.99. The van der Waals surface area contributed by atoms with E-state index in [-0.39, 0.29) is 6.61 Å². The highest BCUT2D eigenvalue weighted by Crippen LogP contribution is 2.29. The lowest BCUT2D eigenvalue weighted by Gasteiger charge is -2.13. The minimum Gasteiger partial charge on any atom is -0.490 e. The van der Waals surface area contributed by atoms with E-state index in [0.717, 1.165) is 26.5 Å². The predicted octanol–water partition coefficient (Wildman–Crippen LogP) is 5.59. The molecule has 1 aromatic heterocycles. The van der Waals surface area contributed by atoms with Gasteiger partial charge in [0.15, 0.2) is 11.5 Å². The van der Waals surface area contributed by atoms with E-state index in [0.29, 0.717) is 23.7 Å². The van der Waals surface area contributed by atoms with E-state index in [1.165, 1.54) is 0 Å². The lowest BCUT2D eigenvalue weighted by atomic mass is 10.1. The minimum absolute atomic E-state index is 0.288. The van der Waals surface area contributed by atoms with Crippen molar-refractivity contribution in [2.24, 2.45) is 5.10 Å². The number of nitrogens with zero attached hydrogens (tertiary/aromatic N) is 3. The zero-order valence-electron chi connectivity index (χ0n) is 16.9. The molecule has 0 atom stereocenters. The van der Waals surface area contributed by atoms with E-state index in [1.54, 1.807) is 23.6 Å². The van der Waals surface area contributed by atoms with Crippen LogP contribution in [0.3, 0.4) is 0 Å². The number of rotatable bonds is 8. The first-order valence-electron chi connectivity index (χ1n) is 9.79. The third-order valence-corrected chi connectivity index (χ3v) is 5.40. The molecule has 154 valence electrons. The average molecular weight is 429 g/mol. The number of aromatic nitrogens is 1. The predicted molar refractivity (Wildman–Crippen MR) is 124 cm³/mol. The molecule has 0 saturated heterocycles. The van der Waals surface area contributed by atoms with Gasteiger partial charge in [-0.05, 0) is 48.9 Å². The number of benzene rings is 3. The lowest BCUT2D eigenvalue weighted by Crippen LogP contribution is -2.02. The van der Waals surface area contributed by atoms with Crippen molar-refractivity contribution in [1.82, 2.24) is 4.98 Å². The molecule has 1 heterocycles. The Balaban J connectivity index is 1.46. The van der Waals surface area contributed by atoms with Crippen molar-refractivity contribution in [3.8, 4) is 17.6 Å². The first-order valence-corrected chi connectivity index (χ1v) is 10.6. The van der Waals surface area contributed by atoms with Crippen LogP contribution in [0.5, 0.6) is 11.5 Å². The molecule has 0 saturated carbocycles. The summed E-state index contributed by atoms with van der Waals surface area (Å²) in [6.45, 7) is 2.72. The molecule has 7 heteroatoms. The van der Waals surface area contributed by atoms with Gasteiger partial charge in [-0.2, -0.15) is 10.4 Å². The van der Waals surface area contributed by atoms with E-state index in [4.69, 9.17) is 9.47 Å². The van der Waals surface area contributed by atoms with Gasteiger partial charge in [0, 0.05) is 5.56 Å². The molecule has 1 N–H and O–H groups in total. The summed E-state index contributed by atoms with van der Waals surface area (Å²) < 4.78 is 12.8.